The van der Waals surface area contributed by atoms with Crippen LogP contribution in [0.25, 0.3) is 5.69 Å². The minimum absolute atomic E-state index is 0.0640. The van der Waals surface area contributed by atoms with Gasteiger partial charge in [0.2, 0.25) is 0 Å². The minimum atomic E-state index is -0.0640. The standard InChI is InChI=1S/C11H9Br2N3O/c1-7-11(10(17)6-12)14-15-16(7)9-4-2-8(13)3-5-9/h2-5H,6H2,1H3. The van der Waals surface area contributed by atoms with Crippen LogP contribution < -0.4 is 0 Å². The molecule has 0 fully saturated rings. The van der Waals surface area contributed by atoms with Crippen molar-refractivity contribution >= 4 is 37.6 Å². The molecule has 0 aliphatic heterocycles. The highest BCUT2D eigenvalue weighted by atomic mass is 79.9. The van der Waals surface area contributed by atoms with E-state index in [2.05, 4.69) is 42.2 Å². The van der Waals surface area contributed by atoms with Crippen LogP contribution in [0.2, 0.25) is 0 Å². The molecule has 1 aromatic heterocycles. The van der Waals surface area contributed by atoms with Gasteiger partial charge in [-0.05, 0) is 31.2 Å². The summed E-state index contributed by atoms with van der Waals surface area (Å²) in [5, 5.41) is 8.16. The lowest BCUT2D eigenvalue weighted by Gasteiger charge is -2.03. The Morgan fingerprint density at radius 1 is 1.35 bits per heavy atom. The first-order chi connectivity index (χ1) is 8.13. The van der Waals surface area contributed by atoms with Crippen molar-refractivity contribution in [3.8, 4) is 5.69 Å². The van der Waals surface area contributed by atoms with Crippen LogP contribution in [-0.2, 0) is 0 Å². The third-order valence-corrected chi connectivity index (χ3v) is 3.39. The lowest BCUT2D eigenvalue weighted by atomic mass is 10.2. The zero-order valence-electron chi connectivity index (χ0n) is 9.02. The van der Waals surface area contributed by atoms with Crippen molar-refractivity contribution in [3.63, 3.8) is 0 Å². The number of carbonyl (C=O) groups is 1. The van der Waals surface area contributed by atoms with Gasteiger partial charge in [-0.25, -0.2) is 4.68 Å². The van der Waals surface area contributed by atoms with Crippen molar-refractivity contribution in [1.29, 1.82) is 0 Å². The van der Waals surface area contributed by atoms with Gasteiger partial charge in [0.1, 0.15) is 0 Å². The number of aromatic nitrogens is 3. The highest BCUT2D eigenvalue weighted by Gasteiger charge is 2.15. The predicted molar refractivity (Wildman–Crippen MR) is 71.9 cm³/mol. The van der Waals surface area contributed by atoms with Crippen LogP contribution >= 0.6 is 31.9 Å². The number of rotatable bonds is 3. The first-order valence-corrected chi connectivity index (χ1v) is 6.82. The second-order valence-electron chi connectivity index (χ2n) is 3.47. The van der Waals surface area contributed by atoms with Crippen LogP contribution in [0, 0.1) is 6.92 Å². The van der Waals surface area contributed by atoms with E-state index in [1.807, 2.05) is 31.2 Å². The molecular weight excluding hydrogens is 350 g/mol. The normalized spacial score (nSPS) is 10.5. The summed E-state index contributed by atoms with van der Waals surface area (Å²) in [6.07, 6.45) is 0. The molecule has 0 aliphatic rings. The molecule has 0 saturated carbocycles. The molecular formula is C11H9Br2N3O. The molecule has 0 bridgehead atoms. The van der Waals surface area contributed by atoms with E-state index in [0.717, 1.165) is 15.9 Å². The molecule has 0 spiro atoms. The van der Waals surface area contributed by atoms with Crippen LogP contribution in [0.3, 0.4) is 0 Å². The Balaban J connectivity index is 2.44. The molecule has 2 rings (SSSR count). The van der Waals surface area contributed by atoms with Gasteiger partial charge in [-0.1, -0.05) is 37.1 Å². The molecule has 0 aliphatic carbocycles. The molecule has 0 unspecified atom stereocenters. The van der Waals surface area contributed by atoms with E-state index < -0.39 is 0 Å². The van der Waals surface area contributed by atoms with Gasteiger partial charge in [0.25, 0.3) is 0 Å². The Morgan fingerprint density at radius 3 is 2.59 bits per heavy atom. The number of ketones is 1. The molecule has 1 heterocycles. The molecule has 0 saturated heterocycles. The maximum absolute atomic E-state index is 11.6. The van der Waals surface area contributed by atoms with Crippen LogP contribution in [0.5, 0.6) is 0 Å². The Bertz CT molecular complexity index is 548. The van der Waals surface area contributed by atoms with Gasteiger partial charge in [-0.2, -0.15) is 0 Å². The molecule has 0 radical (unpaired) electrons. The zero-order valence-corrected chi connectivity index (χ0v) is 12.2. The summed E-state index contributed by atoms with van der Waals surface area (Å²) in [7, 11) is 0. The van der Waals surface area contributed by atoms with Crippen LogP contribution in [0.1, 0.15) is 16.2 Å². The van der Waals surface area contributed by atoms with Gasteiger partial charge < -0.3 is 0 Å². The van der Waals surface area contributed by atoms with Crippen molar-refractivity contribution in [1.82, 2.24) is 15.0 Å². The topological polar surface area (TPSA) is 47.8 Å². The van der Waals surface area contributed by atoms with E-state index in [4.69, 9.17) is 0 Å². The van der Waals surface area contributed by atoms with Gasteiger partial charge in [-0.15, -0.1) is 5.10 Å². The maximum Gasteiger partial charge on any atom is 0.195 e. The Hall–Kier alpha value is -1.01. The van der Waals surface area contributed by atoms with Gasteiger partial charge in [0, 0.05) is 4.47 Å². The molecule has 6 heteroatoms. The van der Waals surface area contributed by atoms with E-state index in [9.17, 15) is 4.79 Å². The van der Waals surface area contributed by atoms with Gasteiger partial charge in [-0.3, -0.25) is 4.79 Å². The van der Waals surface area contributed by atoms with Crippen LogP contribution in [0.4, 0.5) is 0 Å². The number of alkyl halides is 1. The Labute approximate surface area is 115 Å². The molecule has 88 valence electrons. The first kappa shape index (κ1) is 12.4. The Morgan fingerprint density at radius 2 is 2.00 bits per heavy atom. The van der Waals surface area contributed by atoms with E-state index in [0.29, 0.717) is 5.69 Å². The number of nitrogens with zero attached hydrogens (tertiary/aromatic N) is 3. The zero-order chi connectivity index (χ0) is 12.4. The lowest BCUT2D eigenvalue weighted by Crippen LogP contribution is -2.04. The van der Waals surface area contributed by atoms with Crippen molar-refractivity contribution < 1.29 is 4.79 Å². The molecule has 4 nitrogen and oxygen atoms in total. The quantitative estimate of drug-likeness (QED) is 0.626. The fourth-order valence-electron chi connectivity index (χ4n) is 1.48. The number of Topliss-reactive ketones (excluding diaryl/α,β-unsaturated/α-hetero) is 1. The van der Waals surface area contributed by atoms with Crippen LogP contribution in [-0.4, -0.2) is 26.1 Å². The number of carbonyl (C=O) groups excluding carboxylic acids is 1. The molecule has 0 N–H and O–H groups in total. The first-order valence-electron chi connectivity index (χ1n) is 4.91. The summed E-state index contributed by atoms with van der Waals surface area (Å²) in [6.45, 7) is 1.83. The third-order valence-electron chi connectivity index (χ3n) is 2.35. The monoisotopic (exact) mass is 357 g/mol. The predicted octanol–water partition coefficient (Wildman–Crippen LogP) is 2.92. The number of benzene rings is 1. The summed E-state index contributed by atoms with van der Waals surface area (Å²) < 4.78 is 2.65. The van der Waals surface area contributed by atoms with E-state index >= 15 is 0 Å². The van der Waals surface area contributed by atoms with E-state index in [-0.39, 0.29) is 11.1 Å². The van der Waals surface area contributed by atoms with Gasteiger partial charge in [0.05, 0.1) is 16.7 Å². The summed E-state index contributed by atoms with van der Waals surface area (Å²) in [5.41, 5.74) is 2.04. The Kier molecular flexibility index (Phi) is 3.73. The SMILES string of the molecule is Cc1c(C(=O)CBr)nnn1-c1ccc(Br)cc1. The fraction of sp³-hybridized carbons (Fsp3) is 0.182. The largest absolute Gasteiger partial charge is 0.291 e. The third kappa shape index (κ3) is 2.47. The summed E-state index contributed by atoms with van der Waals surface area (Å²) in [5.74, 6) is -0.0640. The van der Waals surface area contributed by atoms with Crippen molar-refractivity contribution in [2.45, 2.75) is 6.92 Å². The summed E-state index contributed by atoms with van der Waals surface area (Å²) >= 11 is 6.50. The second-order valence-corrected chi connectivity index (χ2v) is 4.94. The maximum atomic E-state index is 11.6. The van der Waals surface area contributed by atoms with Gasteiger partial charge >= 0.3 is 0 Å². The smallest absolute Gasteiger partial charge is 0.195 e. The fourth-order valence-corrected chi connectivity index (χ4v) is 2.01. The van der Waals surface area contributed by atoms with E-state index in [1.54, 1.807) is 4.68 Å². The lowest BCUT2D eigenvalue weighted by molar-refractivity contribution is 0.101. The summed E-state index contributed by atoms with van der Waals surface area (Å²) in [4.78, 5) is 11.6. The molecule has 1 aromatic carbocycles. The summed E-state index contributed by atoms with van der Waals surface area (Å²) in [6, 6.07) is 7.66. The highest BCUT2D eigenvalue weighted by Crippen LogP contribution is 2.16. The second kappa shape index (κ2) is 5.10. The molecule has 17 heavy (non-hydrogen) atoms. The molecule has 0 atom stereocenters. The minimum Gasteiger partial charge on any atom is -0.291 e. The number of hydrogen-bond acceptors (Lipinski definition) is 3. The number of hydrogen-bond donors (Lipinski definition) is 0. The van der Waals surface area contributed by atoms with Crippen LogP contribution in [0.15, 0.2) is 28.7 Å². The van der Waals surface area contributed by atoms with Crippen molar-refractivity contribution in [3.05, 3.63) is 40.1 Å². The van der Waals surface area contributed by atoms with Gasteiger partial charge in [0.15, 0.2) is 11.5 Å². The van der Waals surface area contributed by atoms with E-state index in [1.165, 1.54) is 0 Å². The molecule has 2 aromatic rings. The van der Waals surface area contributed by atoms with Crippen molar-refractivity contribution in [2.24, 2.45) is 0 Å². The highest BCUT2D eigenvalue weighted by molar-refractivity contribution is 9.10. The van der Waals surface area contributed by atoms with Crippen molar-refractivity contribution in [2.75, 3.05) is 5.33 Å². The average molecular weight is 359 g/mol. The average Bonchev–Trinajstić information content (AvgIpc) is 2.71. The number of halogens is 2. The molecule has 0 amide bonds.